The highest BCUT2D eigenvalue weighted by molar-refractivity contribution is 9.11. The molecule has 2 aliphatic heterocycles. The molecule has 4 aromatic rings. The number of benzene rings is 4. The first-order valence-electron chi connectivity index (χ1n) is 15.4. The molecule has 51 heavy (non-hydrogen) atoms. The van der Waals surface area contributed by atoms with Crippen LogP contribution in [0.25, 0.3) is 0 Å². The molecule has 6 rings (SSSR count). The molecule has 0 fully saturated rings. The second-order valence-corrected chi connectivity index (χ2v) is 14.8. The van der Waals surface area contributed by atoms with Crippen molar-refractivity contribution in [1.82, 2.24) is 9.80 Å². The zero-order valence-corrected chi connectivity index (χ0v) is 30.5. The van der Waals surface area contributed by atoms with Crippen molar-refractivity contribution in [3.63, 3.8) is 0 Å². The predicted molar refractivity (Wildman–Crippen MR) is 186 cm³/mol. The molecule has 0 saturated heterocycles. The van der Waals surface area contributed by atoms with E-state index in [1.165, 1.54) is 36.4 Å². The first-order valence-corrected chi connectivity index (χ1v) is 18.6. The van der Waals surface area contributed by atoms with Crippen molar-refractivity contribution in [3.05, 3.63) is 127 Å². The van der Waals surface area contributed by atoms with Gasteiger partial charge in [-0.15, -0.1) is 0 Å². The van der Waals surface area contributed by atoms with Crippen LogP contribution >= 0.6 is 39.5 Å². The molecule has 4 amide bonds. The second kappa shape index (κ2) is 15.5. The van der Waals surface area contributed by atoms with Crippen molar-refractivity contribution < 1.29 is 51.0 Å². The van der Waals surface area contributed by atoms with Crippen molar-refractivity contribution in [2.45, 2.75) is 19.4 Å². The van der Waals surface area contributed by atoms with Gasteiger partial charge in [-0.1, -0.05) is 36.4 Å². The number of hydrogen-bond donors (Lipinski definition) is 0. The van der Waals surface area contributed by atoms with E-state index in [1.54, 1.807) is 48.5 Å². The van der Waals surface area contributed by atoms with Crippen LogP contribution in [-0.4, -0.2) is 65.9 Å². The van der Waals surface area contributed by atoms with Crippen molar-refractivity contribution in [2.75, 3.05) is 26.3 Å². The molecule has 0 spiro atoms. The van der Waals surface area contributed by atoms with Gasteiger partial charge in [0.1, 0.15) is 11.5 Å². The summed E-state index contributed by atoms with van der Waals surface area (Å²) in [6, 6.07) is 21.9. The lowest BCUT2D eigenvalue weighted by atomic mass is 10.1. The van der Waals surface area contributed by atoms with Crippen molar-refractivity contribution in [2.24, 2.45) is 0 Å². The van der Waals surface area contributed by atoms with Gasteiger partial charge in [-0.05, 0) is 91.5 Å². The maximum Gasteiger partial charge on any atom is 0.497 e. The van der Waals surface area contributed by atoms with Gasteiger partial charge in [-0.2, -0.15) is 8.78 Å². The summed E-state index contributed by atoms with van der Waals surface area (Å²) >= 11 is 6.51. The fourth-order valence-electron chi connectivity index (χ4n) is 5.36. The van der Waals surface area contributed by atoms with Crippen molar-refractivity contribution >= 4 is 63.1 Å². The van der Waals surface area contributed by atoms with E-state index < -0.39 is 13.8 Å². The molecule has 0 atom stereocenters. The number of imide groups is 2. The van der Waals surface area contributed by atoms with Crippen LogP contribution < -0.4 is 9.05 Å². The highest BCUT2D eigenvalue weighted by Gasteiger charge is 2.42. The standard InChI is InChI=1S/C35H27Br2F2N2O9P/c36-27-17-21(19-47-15-13-40-31(42)23-5-1-2-6-24(23)32(40)43)9-11-29(27)49-51(46,35(38)39)50-30-12-10-22(18-28(30)37)20-48-16-14-41-33(44)25-7-3-4-8-26(25)34(41)45/h1-12,17-18,35H,13-16,19-20H2. The monoisotopic (exact) mass is 846 g/mol. The minimum Gasteiger partial charge on any atom is -0.411 e. The molecule has 0 N–H and O–H groups in total. The highest BCUT2D eigenvalue weighted by atomic mass is 79.9. The fraction of sp³-hybridized carbons (Fsp3) is 0.200. The minimum absolute atomic E-state index is 0.0475. The van der Waals surface area contributed by atoms with E-state index in [2.05, 4.69) is 31.9 Å². The Morgan fingerprint density at radius 3 is 1.25 bits per heavy atom. The van der Waals surface area contributed by atoms with Gasteiger partial charge in [0.05, 0.1) is 70.7 Å². The van der Waals surface area contributed by atoms with E-state index in [0.29, 0.717) is 33.4 Å². The van der Waals surface area contributed by atoms with Gasteiger partial charge in [0.15, 0.2) is 0 Å². The molecule has 0 bridgehead atoms. The SMILES string of the molecule is O=C1c2ccccc2C(=O)N1CCOCc1ccc(OP(=O)(Oc2ccc(COCCN3C(=O)c4ccccc4C3=O)cc2Br)C(F)F)c(Br)c1. The molecule has 0 aromatic heterocycles. The maximum atomic E-state index is 14.1. The molecule has 2 heterocycles. The molecule has 0 aliphatic carbocycles. The Labute approximate surface area is 307 Å². The number of hydrogen-bond acceptors (Lipinski definition) is 9. The third kappa shape index (κ3) is 7.82. The lowest BCUT2D eigenvalue weighted by Crippen LogP contribution is -2.33. The average Bonchev–Trinajstić information content (AvgIpc) is 3.51. The molecule has 4 aromatic carbocycles. The van der Waals surface area contributed by atoms with Crippen molar-refractivity contribution in [3.8, 4) is 11.5 Å². The molecule has 2 aliphatic rings. The third-order valence-electron chi connectivity index (χ3n) is 7.90. The first kappa shape index (κ1) is 36.5. The van der Waals surface area contributed by atoms with Crippen LogP contribution in [0.15, 0.2) is 93.9 Å². The number of nitrogens with zero attached hydrogens (tertiary/aromatic N) is 2. The lowest BCUT2D eigenvalue weighted by molar-refractivity contribution is 0.0534. The number of alkyl halides is 2. The van der Waals surface area contributed by atoms with Gasteiger partial charge in [0.25, 0.3) is 23.6 Å². The summed E-state index contributed by atoms with van der Waals surface area (Å²) in [5, 5.41) is 0. The third-order valence-corrected chi connectivity index (χ3v) is 10.5. The van der Waals surface area contributed by atoms with Crippen LogP contribution in [0.3, 0.4) is 0 Å². The number of amides is 4. The fourth-order valence-corrected chi connectivity index (χ4v) is 7.69. The minimum atomic E-state index is -5.06. The van der Waals surface area contributed by atoms with Gasteiger partial charge in [-0.3, -0.25) is 29.0 Å². The van der Waals surface area contributed by atoms with E-state index in [0.717, 1.165) is 9.80 Å². The van der Waals surface area contributed by atoms with E-state index in [1.807, 2.05) is 0 Å². The maximum absolute atomic E-state index is 14.1. The van der Waals surface area contributed by atoms with Crippen LogP contribution in [0.5, 0.6) is 11.5 Å². The van der Waals surface area contributed by atoms with E-state index >= 15 is 0 Å². The number of carbonyl (C=O) groups excluding carboxylic acids is 4. The Morgan fingerprint density at radius 2 is 0.941 bits per heavy atom. The quantitative estimate of drug-likeness (QED) is 0.0672. The predicted octanol–water partition coefficient (Wildman–Crippen LogP) is 7.71. The summed E-state index contributed by atoms with van der Waals surface area (Å²) in [7, 11) is -5.06. The number of rotatable bonds is 15. The first-order chi connectivity index (χ1) is 24.5. The second-order valence-electron chi connectivity index (χ2n) is 11.2. The Hall–Kier alpha value is -4.27. The summed E-state index contributed by atoms with van der Waals surface area (Å²) < 4.78 is 63.8. The van der Waals surface area contributed by atoms with Gasteiger partial charge < -0.3 is 18.5 Å². The number of carbonyl (C=O) groups is 4. The molecule has 11 nitrogen and oxygen atoms in total. The number of fused-ring (bicyclic) bond motifs is 2. The Kier molecular flexibility index (Phi) is 11.1. The van der Waals surface area contributed by atoms with Crippen LogP contribution in [0, 0.1) is 0 Å². The van der Waals surface area contributed by atoms with Gasteiger partial charge >= 0.3 is 13.8 Å². The van der Waals surface area contributed by atoms with E-state index in [9.17, 15) is 32.5 Å². The molecule has 0 radical (unpaired) electrons. The molecule has 16 heteroatoms. The van der Waals surface area contributed by atoms with Crippen LogP contribution in [0.4, 0.5) is 8.78 Å². The molecule has 0 unspecified atom stereocenters. The smallest absolute Gasteiger partial charge is 0.411 e. The summed E-state index contributed by atoms with van der Waals surface area (Å²) in [6.45, 7) is 0.350. The Morgan fingerprint density at radius 1 is 0.588 bits per heavy atom. The number of ether oxygens (including phenoxy) is 2. The summed E-state index contributed by atoms with van der Waals surface area (Å²) in [6.07, 6.45) is -3.49. The molecule has 264 valence electrons. The summed E-state index contributed by atoms with van der Waals surface area (Å²) in [4.78, 5) is 52.3. The largest absolute Gasteiger partial charge is 0.497 e. The van der Waals surface area contributed by atoms with Crippen molar-refractivity contribution in [1.29, 1.82) is 0 Å². The van der Waals surface area contributed by atoms with E-state index in [-0.39, 0.29) is 83.6 Å². The van der Waals surface area contributed by atoms with Crippen LogP contribution in [-0.2, 0) is 27.3 Å². The highest BCUT2D eigenvalue weighted by Crippen LogP contribution is 2.56. The van der Waals surface area contributed by atoms with Crippen LogP contribution in [0.1, 0.15) is 52.6 Å². The molecule has 0 saturated carbocycles. The Bertz CT molecular complexity index is 1870. The Balaban J connectivity index is 0.991. The van der Waals surface area contributed by atoms with Gasteiger partial charge in [0.2, 0.25) is 0 Å². The van der Waals surface area contributed by atoms with Gasteiger partial charge in [-0.25, -0.2) is 4.57 Å². The lowest BCUT2D eigenvalue weighted by Gasteiger charge is -2.21. The summed E-state index contributed by atoms with van der Waals surface area (Å²) in [5.74, 6) is -1.87. The summed E-state index contributed by atoms with van der Waals surface area (Å²) in [5.41, 5.74) is 2.59. The zero-order valence-electron chi connectivity index (χ0n) is 26.4. The van der Waals surface area contributed by atoms with Crippen LogP contribution in [0.2, 0.25) is 0 Å². The van der Waals surface area contributed by atoms with E-state index in [4.69, 9.17) is 18.5 Å². The molecular formula is C35H27Br2F2N2O9P. The number of halogens is 4. The van der Waals surface area contributed by atoms with Gasteiger partial charge in [0, 0.05) is 0 Å². The topological polar surface area (TPSA) is 129 Å². The zero-order chi connectivity index (χ0) is 36.3. The average molecular weight is 848 g/mol. The molecular weight excluding hydrogens is 821 g/mol. The normalized spacial score (nSPS) is 14.1.